The quantitative estimate of drug-likeness (QED) is 0.939. The van der Waals surface area contributed by atoms with Crippen molar-refractivity contribution in [2.45, 2.75) is 19.5 Å². The number of hydrogen-bond donors (Lipinski definition) is 1. The summed E-state index contributed by atoms with van der Waals surface area (Å²) in [4.78, 5) is 13.4. The molecule has 0 radical (unpaired) electrons. The van der Waals surface area contributed by atoms with Gasteiger partial charge in [0, 0.05) is 19.6 Å². The molecule has 0 bridgehead atoms. The van der Waals surface area contributed by atoms with Gasteiger partial charge in [-0.2, -0.15) is 5.26 Å². The first-order valence-electron chi connectivity index (χ1n) is 7.22. The predicted octanol–water partition coefficient (Wildman–Crippen LogP) is 3.24. The van der Waals surface area contributed by atoms with E-state index in [1.165, 1.54) is 5.56 Å². The Hall–Kier alpha value is -2.35. The highest BCUT2D eigenvalue weighted by atomic mass is 35.5. The molecule has 0 spiro atoms. The molecule has 23 heavy (non-hydrogen) atoms. The van der Waals surface area contributed by atoms with Crippen molar-refractivity contribution in [3.8, 4) is 6.07 Å². The molecule has 0 saturated heterocycles. The highest BCUT2D eigenvalue weighted by molar-refractivity contribution is 5.87. The standard InChI is InChI=1S/C18H16N2O2.ClH/c19-10-13-1-3-14(4-2-13)11-20-8-7-15-5-6-16(18(21)22)9-17(15)12-20;/h1-6,9H,7-8,11-12H2,(H,21,22);1H. The number of hydrogen-bond acceptors (Lipinski definition) is 3. The van der Waals surface area contributed by atoms with Gasteiger partial charge in [-0.15, -0.1) is 12.4 Å². The highest BCUT2D eigenvalue weighted by Crippen LogP contribution is 2.22. The Morgan fingerprint density at radius 3 is 2.57 bits per heavy atom. The number of carboxylic acid groups (broad SMARTS) is 1. The first-order valence-corrected chi connectivity index (χ1v) is 7.22. The Balaban J connectivity index is 0.00000192. The van der Waals surface area contributed by atoms with Gasteiger partial charge in [0.2, 0.25) is 0 Å². The van der Waals surface area contributed by atoms with Gasteiger partial charge in [-0.05, 0) is 47.4 Å². The molecule has 0 atom stereocenters. The molecule has 0 aliphatic carbocycles. The fourth-order valence-electron chi connectivity index (χ4n) is 2.83. The lowest BCUT2D eigenvalue weighted by atomic mass is 9.97. The Morgan fingerprint density at radius 2 is 1.91 bits per heavy atom. The summed E-state index contributed by atoms with van der Waals surface area (Å²) in [5.41, 5.74) is 4.51. The molecule has 0 unspecified atom stereocenters. The zero-order valence-electron chi connectivity index (χ0n) is 12.5. The number of benzene rings is 2. The molecule has 2 aromatic carbocycles. The summed E-state index contributed by atoms with van der Waals surface area (Å²) in [6, 6.07) is 15.1. The van der Waals surface area contributed by atoms with Crippen LogP contribution >= 0.6 is 12.4 Å². The number of fused-ring (bicyclic) bond motifs is 1. The van der Waals surface area contributed by atoms with Crippen molar-refractivity contribution >= 4 is 18.4 Å². The minimum atomic E-state index is -0.882. The van der Waals surface area contributed by atoms with E-state index in [9.17, 15) is 4.79 Å². The van der Waals surface area contributed by atoms with Gasteiger partial charge >= 0.3 is 5.97 Å². The third kappa shape index (κ3) is 3.89. The molecule has 5 heteroatoms. The molecule has 3 rings (SSSR count). The van der Waals surface area contributed by atoms with Gasteiger partial charge in [0.1, 0.15) is 0 Å². The lowest BCUT2D eigenvalue weighted by Gasteiger charge is -2.29. The Kier molecular flexibility index (Phi) is 5.38. The van der Waals surface area contributed by atoms with E-state index in [0.29, 0.717) is 11.1 Å². The van der Waals surface area contributed by atoms with Crippen molar-refractivity contribution in [3.05, 3.63) is 70.3 Å². The van der Waals surface area contributed by atoms with Crippen LogP contribution in [0.25, 0.3) is 0 Å². The van der Waals surface area contributed by atoms with Crippen LogP contribution in [0.1, 0.15) is 32.6 Å². The van der Waals surface area contributed by atoms with Crippen LogP contribution in [-0.4, -0.2) is 22.5 Å². The summed E-state index contributed by atoms with van der Waals surface area (Å²) in [6.07, 6.45) is 0.936. The maximum absolute atomic E-state index is 11.1. The molecular weight excluding hydrogens is 312 g/mol. The zero-order valence-corrected chi connectivity index (χ0v) is 13.3. The van der Waals surface area contributed by atoms with Crippen LogP contribution in [0.2, 0.25) is 0 Å². The van der Waals surface area contributed by atoms with Crippen LogP contribution < -0.4 is 0 Å². The summed E-state index contributed by atoms with van der Waals surface area (Å²) >= 11 is 0. The topological polar surface area (TPSA) is 64.3 Å². The molecule has 1 heterocycles. The Labute approximate surface area is 141 Å². The van der Waals surface area contributed by atoms with Gasteiger partial charge in [0.15, 0.2) is 0 Å². The van der Waals surface area contributed by atoms with E-state index in [-0.39, 0.29) is 12.4 Å². The van der Waals surface area contributed by atoms with Gasteiger partial charge in [-0.1, -0.05) is 18.2 Å². The van der Waals surface area contributed by atoms with Crippen molar-refractivity contribution in [1.29, 1.82) is 5.26 Å². The normalized spacial score (nSPS) is 13.5. The molecule has 4 nitrogen and oxygen atoms in total. The molecule has 2 aromatic rings. The van der Waals surface area contributed by atoms with Crippen LogP contribution in [0.4, 0.5) is 0 Å². The van der Waals surface area contributed by atoms with Crippen molar-refractivity contribution in [2.75, 3.05) is 6.54 Å². The molecular formula is C18H17ClN2O2. The van der Waals surface area contributed by atoms with Crippen LogP contribution in [0.5, 0.6) is 0 Å². The molecule has 1 aliphatic heterocycles. The number of rotatable bonds is 3. The van der Waals surface area contributed by atoms with Crippen molar-refractivity contribution in [2.24, 2.45) is 0 Å². The summed E-state index contributed by atoms with van der Waals surface area (Å²) in [5, 5.41) is 17.9. The predicted molar refractivity (Wildman–Crippen MR) is 89.6 cm³/mol. The van der Waals surface area contributed by atoms with Crippen LogP contribution in [0.3, 0.4) is 0 Å². The molecule has 0 amide bonds. The fraction of sp³-hybridized carbons (Fsp3) is 0.222. The summed E-state index contributed by atoms with van der Waals surface area (Å²) in [5.74, 6) is -0.882. The third-order valence-corrected chi connectivity index (χ3v) is 4.03. The number of aromatic carboxylic acids is 1. The lowest BCUT2D eigenvalue weighted by molar-refractivity contribution is 0.0696. The largest absolute Gasteiger partial charge is 0.478 e. The number of carboxylic acids is 1. The first kappa shape index (κ1) is 17.0. The van der Waals surface area contributed by atoms with E-state index in [0.717, 1.165) is 37.2 Å². The highest BCUT2D eigenvalue weighted by Gasteiger charge is 2.17. The van der Waals surface area contributed by atoms with Crippen molar-refractivity contribution < 1.29 is 9.90 Å². The molecule has 0 saturated carbocycles. The lowest BCUT2D eigenvalue weighted by Crippen LogP contribution is -2.30. The van der Waals surface area contributed by atoms with Crippen LogP contribution in [0, 0.1) is 11.3 Å². The smallest absolute Gasteiger partial charge is 0.335 e. The zero-order chi connectivity index (χ0) is 15.5. The average Bonchev–Trinajstić information content (AvgIpc) is 2.55. The molecule has 0 aromatic heterocycles. The first-order chi connectivity index (χ1) is 10.7. The number of nitriles is 1. The van der Waals surface area contributed by atoms with Gasteiger partial charge in [0.05, 0.1) is 17.2 Å². The van der Waals surface area contributed by atoms with Crippen molar-refractivity contribution in [3.63, 3.8) is 0 Å². The maximum Gasteiger partial charge on any atom is 0.335 e. The molecule has 118 valence electrons. The Morgan fingerprint density at radius 1 is 1.17 bits per heavy atom. The summed E-state index contributed by atoms with van der Waals surface area (Å²) in [6.45, 7) is 2.53. The number of halogens is 1. The number of carbonyl (C=O) groups is 1. The third-order valence-electron chi connectivity index (χ3n) is 4.03. The average molecular weight is 329 g/mol. The van der Waals surface area contributed by atoms with Crippen LogP contribution in [0.15, 0.2) is 42.5 Å². The second-order valence-electron chi connectivity index (χ2n) is 5.56. The molecule has 0 fully saturated rings. The Bertz CT molecular complexity index is 751. The van der Waals surface area contributed by atoms with E-state index in [4.69, 9.17) is 10.4 Å². The molecule has 1 aliphatic rings. The van der Waals surface area contributed by atoms with Crippen LogP contribution in [-0.2, 0) is 19.5 Å². The second-order valence-corrected chi connectivity index (χ2v) is 5.56. The SMILES string of the molecule is Cl.N#Cc1ccc(CN2CCc3ccc(C(=O)O)cc3C2)cc1. The van der Waals surface area contributed by atoms with Gasteiger partial charge in [-0.3, -0.25) is 4.90 Å². The van der Waals surface area contributed by atoms with Gasteiger partial charge < -0.3 is 5.11 Å². The fourth-order valence-corrected chi connectivity index (χ4v) is 2.83. The second kappa shape index (κ2) is 7.28. The minimum absolute atomic E-state index is 0. The number of nitrogens with zero attached hydrogens (tertiary/aromatic N) is 2. The summed E-state index contributed by atoms with van der Waals surface area (Å²) < 4.78 is 0. The van der Waals surface area contributed by atoms with E-state index >= 15 is 0 Å². The maximum atomic E-state index is 11.1. The summed E-state index contributed by atoms with van der Waals surface area (Å²) in [7, 11) is 0. The minimum Gasteiger partial charge on any atom is -0.478 e. The van der Waals surface area contributed by atoms with E-state index in [2.05, 4.69) is 11.0 Å². The van der Waals surface area contributed by atoms with Gasteiger partial charge in [-0.25, -0.2) is 4.79 Å². The van der Waals surface area contributed by atoms with E-state index in [1.54, 1.807) is 12.1 Å². The monoisotopic (exact) mass is 328 g/mol. The van der Waals surface area contributed by atoms with Gasteiger partial charge in [0.25, 0.3) is 0 Å². The van der Waals surface area contributed by atoms with Crippen molar-refractivity contribution in [1.82, 2.24) is 4.90 Å². The van der Waals surface area contributed by atoms with E-state index in [1.807, 2.05) is 30.3 Å². The molecule has 1 N–H and O–H groups in total. The van der Waals surface area contributed by atoms with E-state index < -0.39 is 5.97 Å².